The highest BCUT2D eigenvalue weighted by molar-refractivity contribution is 6.00. The van der Waals surface area contributed by atoms with Gasteiger partial charge >= 0.3 is 18.2 Å². The first-order valence-corrected chi connectivity index (χ1v) is 14.4. The lowest BCUT2D eigenvalue weighted by atomic mass is 10.0. The van der Waals surface area contributed by atoms with Gasteiger partial charge in [-0.25, -0.2) is 9.59 Å². The minimum atomic E-state index is -5.08. The Bertz CT molecular complexity index is 1550. The van der Waals surface area contributed by atoms with E-state index < -0.39 is 23.7 Å². The molecule has 5 N–H and O–H groups in total. The Morgan fingerprint density at radius 1 is 0.978 bits per heavy atom. The molecule has 3 aromatic carbocycles. The predicted octanol–water partition coefficient (Wildman–Crippen LogP) is 5.17. The summed E-state index contributed by atoms with van der Waals surface area (Å²) in [7, 11) is 3.40. The van der Waals surface area contributed by atoms with Crippen molar-refractivity contribution in [2.24, 2.45) is 5.73 Å². The van der Waals surface area contributed by atoms with Crippen LogP contribution in [0.1, 0.15) is 37.8 Å². The molecule has 1 heterocycles. The van der Waals surface area contributed by atoms with E-state index in [4.69, 9.17) is 15.6 Å². The fraction of sp³-hybridized carbons (Fsp3) is 0.333. The molecule has 1 aliphatic rings. The molecule has 0 fully saturated rings. The van der Waals surface area contributed by atoms with Gasteiger partial charge in [0.1, 0.15) is 6.04 Å². The smallest absolute Gasteiger partial charge is 0.475 e. The lowest BCUT2D eigenvalue weighted by Gasteiger charge is -2.27. The number of fused-ring (bicyclic) bond motifs is 1. The maximum absolute atomic E-state index is 13.7. The molecular formula is C33H38F3N5O5. The first kappa shape index (κ1) is 35.6. The second kappa shape index (κ2) is 14.9. The normalized spacial score (nSPS) is 14.7. The van der Waals surface area contributed by atoms with E-state index in [9.17, 15) is 27.6 Å². The van der Waals surface area contributed by atoms with Crippen LogP contribution in [0.25, 0.3) is 11.1 Å². The van der Waals surface area contributed by atoms with E-state index in [-0.39, 0.29) is 24.3 Å². The first-order valence-electron chi connectivity index (χ1n) is 14.4. The maximum atomic E-state index is 13.7. The third-order valence-corrected chi connectivity index (χ3v) is 6.92. The molecule has 3 aromatic rings. The van der Waals surface area contributed by atoms with Crippen LogP contribution in [-0.2, 0) is 27.3 Å². The Balaban J connectivity index is 0.000000738. The highest BCUT2D eigenvalue weighted by Gasteiger charge is 2.38. The van der Waals surface area contributed by atoms with Crippen LogP contribution in [0.2, 0.25) is 0 Å². The number of aliphatic carboxylic acids is 1. The number of para-hydroxylation sites is 2. The van der Waals surface area contributed by atoms with E-state index in [1.54, 1.807) is 32.8 Å². The van der Waals surface area contributed by atoms with Gasteiger partial charge in [-0.3, -0.25) is 9.59 Å². The number of nitrogens with one attached hydrogen (secondary N) is 2. The number of carbonyl (C=O) groups is 4. The topological polar surface area (TPSA) is 145 Å². The summed E-state index contributed by atoms with van der Waals surface area (Å²) >= 11 is 0. The third kappa shape index (κ3) is 10.1. The zero-order valence-corrected chi connectivity index (χ0v) is 26.0. The van der Waals surface area contributed by atoms with Crippen molar-refractivity contribution in [3.8, 4) is 11.1 Å². The number of halogens is 3. The molecule has 1 aliphatic heterocycles. The molecule has 0 aliphatic carbocycles. The second-order valence-corrected chi connectivity index (χ2v) is 11.7. The number of carbonyl (C=O) groups excluding carboxylic acids is 3. The molecular weight excluding hydrogens is 603 g/mol. The third-order valence-electron chi connectivity index (χ3n) is 6.92. The van der Waals surface area contributed by atoms with Crippen LogP contribution in [0.4, 0.5) is 29.3 Å². The van der Waals surface area contributed by atoms with Gasteiger partial charge in [0.15, 0.2) is 0 Å². The average molecular weight is 642 g/mol. The number of urea groups is 1. The Morgan fingerprint density at radius 2 is 1.57 bits per heavy atom. The number of hydrogen-bond donors (Lipinski definition) is 4. The molecule has 13 heteroatoms. The predicted molar refractivity (Wildman–Crippen MR) is 169 cm³/mol. The number of hydrogen-bond acceptors (Lipinski definition) is 5. The van der Waals surface area contributed by atoms with Crippen molar-refractivity contribution in [1.82, 2.24) is 10.2 Å². The maximum Gasteiger partial charge on any atom is 0.490 e. The van der Waals surface area contributed by atoms with Gasteiger partial charge in [0.25, 0.3) is 0 Å². The molecule has 246 valence electrons. The SMILES string of the molecule is CN(C)C(=O)Nc1ccccc1-c1ccc(CN2C(=O)[C@H](NC(=O)CC(C)(C)N)CCc3ccccc32)cc1.O=C(O)C(F)(F)F. The van der Waals surface area contributed by atoms with Crippen LogP contribution in [0.5, 0.6) is 0 Å². The first-order chi connectivity index (χ1) is 21.5. The standard InChI is InChI=1S/C31H37N5O3.C2HF3O2/c1-31(2,32)19-28(37)33-26-18-17-23-9-5-8-12-27(23)36(29(26)38)20-21-13-15-22(16-14-21)24-10-6-7-11-25(24)34-30(39)35(3)4;3-2(4,5)1(6)7/h5-16,26H,17-20,32H2,1-4H3,(H,33,37)(H,34,39);(H,6,7)/t26-;/m1./s1. The number of aryl methyl sites for hydroxylation is 1. The average Bonchev–Trinajstić information content (AvgIpc) is 3.09. The number of amides is 4. The fourth-order valence-corrected chi connectivity index (χ4v) is 4.72. The monoisotopic (exact) mass is 641 g/mol. The van der Waals surface area contributed by atoms with Crippen molar-refractivity contribution in [3.63, 3.8) is 0 Å². The number of alkyl halides is 3. The lowest BCUT2D eigenvalue weighted by molar-refractivity contribution is -0.192. The molecule has 4 rings (SSSR count). The minimum Gasteiger partial charge on any atom is -0.475 e. The van der Waals surface area contributed by atoms with Gasteiger partial charge in [0, 0.05) is 37.3 Å². The molecule has 0 saturated carbocycles. The molecule has 46 heavy (non-hydrogen) atoms. The van der Waals surface area contributed by atoms with Crippen LogP contribution in [-0.4, -0.2) is 65.7 Å². The minimum absolute atomic E-state index is 0.135. The van der Waals surface area contributed by atoms with Crippen molar-refractivity contribution in [2.75, 3.05) is 24.3 Å². The van der Waals surface area contributed by atoms with E-state index in [1.807, 2.05) is 72.8 Å². The molecule has 0 aromatic heterocycles. The van der Waals surface area contributed by atoms with Crippen LogP contribution < -0.4 is 21.3 Å². The summed E-state index contributed by atoms with van der Waals surface area (Å²) < 4.78 is 31.7. The Morgan fingerprint density at radius 3 is 2.15 bits per heavy atom. The van der Waals surface area contributed by atoms with Crippen molar-refractivity contribution < 1.29 is 37.5 Å². The van der Waals surface area contributed by atoms with Crippen molar-refractivity contribution in [3.05, 3.63) is 83.9 Å². The Hall–Kier alpha value is -4.91. The van der Waals surface area contributed by atoms with E-state index in [2.05, 4.69) is 10.6 Å². The van der Waals surface area contributed by atoms with Gasteiger partial charge in [-0.05, 0) is 55.5 Å². The Labute approximate surface area is 265 Å². The molecule has 0 radical (unpaired) electrons. The summed E-state index contributed by atoms with van der Waals surface area (Å²) in [6, 6.07) is 22.7. The summed E-state index contributed by atoms with van der Waals surface area (Å²) in [5.41, 5.74) is 10.8. The highest BCUT2D eigenvalue weighted by atomic mass is 19.4. The summed E-state index contributed by atoms with van der Waals surface area (Å²) in [6.45, 7) is 3.95. The van der Waals surface area contributed by atoms with Crippen LogP contribution in [0, 0.1) is 0 Å². The van der Waals surface area contributed by atoms with Gasteiger partial charge in [-0.15, -0.1) is 0 Å². The van der Waals surface area contributed by atoms with Gasteiger partial charge in [0.2, 0.25) is 11.8 Å². The van der Waals surface area contributed by atoms with Gasteiger partial charge in [-0.2, -0.15) is 13.2 Å². The molecule has 0 saturated heterocycles. The van der Waals surface area contributed by atoms with Gasteiger partial charge in [-0.1, -0.05) is 60.7 Å². The largest absolute Gasteiger partial charge is 0.490 e. The summed E-state index contributed by atoms with van der Waals surface area (Å²) in [5.74, 6) is -3.12. The number of rotatable bonds is 7. The quantitative estimate of drug-likeness (QED) is 0.280. The van der Waals surface area contributed by atoms with E-state index in [0.717, 1.165) is 33.6 Å². The summed E-state index contributed by atoms with van der Waals surface area (Å²) in [5, 5.41) is 13.0. The number of carboxylic acid groups (broad SMARTS) is 1. The van der Waals surface area contributed by atoms with Crippen LogP contribution >= 0.6 is 0 Å². The number of nitrogens with two attached hydrogens (primary N) is 1. The fourth-order valence-electron chi connectivity index (χ4n) is 4.72. The van der Waals surface area contributed by atoms with E-state index in [1.165, 1.54) is 4.90 Å². The molecule has 0 unspecified atom stereocenters. The number of benzene rings is 3. The van der Waals surface area contributed by atoms with E-state index in [0.29, 0.717) is 19.4 Å². The number of anilines is 2. The Kier molecular flexibility index (Phi) is 11.5. The van der Waals surface area contributed by atoms with Crippen molar-refractivity contribution in [1.29, 1.82) is 0 Å². The summed E-state index contributed by atoms with van der Waals surface area (Å²) in [6.07, 6.45) is -3.73. The van der Waals surface area contributed by atoms with Crippen LogP contribution in [0.3, 0.4) is 0 Å². The molecule has 10 nitrogen and oxygen atoms in total. The summed E-state index contributed by atoms with van der Waals surface area (Å²) in [4.78, 5) is 50.8. The zero-order valence-electron chi connectivity index (χ0n) is 26.0. The molecule has 4 amide bonds. The zero-order chi connectivity index (χ0) is 34.2. The van der Waals surface area contributed by atoms with Crippen LogP contribution in [0.15, 0.2) is 72.8 Å². The second-order valence-electron chi connectivity index (χ2n) is 11.7. The number of carboxylic acids is 1. The molecule has 0 bridgehead atoms. The van der Waals surface area contributed by atoms with Crippen molar-refractivity contribution >= 4 is 35.2 Å². The molecule has 0 spiro atoms. The highest BCUT2D eigenvalue weighted by Crippen LogP contribution is 2.31. The van der Waals surface area contributed by atoms with E-state index >= 15 is 0 Å². The van der Waals surface area contributed by atoms with Gasteiger partial charge in [0.05, 0.1) is 12.2 Å². The lowest BCUT2D eigenvalue weighted by Crippen LogP contribution is -2.49. The van der Waals surface area contributed by atoms with Gasteiger partial charge < -0.3 is 31.3 Å². The molecule has 1 atom stereocenters. The number of nitrogens with zero attached hydrogens (tertiary/aromatic N) is 2. The van der Waals surface area contributed by atoms with Crippen molar-refractivity contribution in [2.45, 2.75) is 57.4 Å².